The molecule has 5 nitrogen and oxygen atoms in total. The number of pyridine rings is 1. The van der Waals surface area contributed by atoms with E-state index in [9.17, 15) is 0 Å². The number of fused-ring (bicyclic) bond motifs is 1. The van der Waals surface area contributed by atoms with Crippen molar-refractivity contribution >= 4 is 11.2 Å². The van der Waals surface area contributed by atoms with Gasteiger partial charge in [0.1, 0.15) is 11.3 Å². The predicted molar refractivity (Wildman–Crippen MR) is 87.8 cm³/mol. The van der Waals surface area contributed by atoms with Crippen LogP contribution < -0.4 is 5.32 Å². The molecule has 2 aliphatic heterocycles. The van der Waals surface area contributed by atoms with Crippen molar-refractivity contribution in [1.82, 2.24) is 24.8 Å². The third-order valence-electron chi connectivity index (χ3n) is 4.99. The molecule has 1 N–H and O–H groups in total. The van der Waals surface area contributed by atoms with Gasteiger partial charge in [0.2, 0.25) is 0 Å². The van der Waals surface area contributed by atoms with Crippen molar-refractivity contribution in [1.29, 1.82) is 0 Å². The number of likely N-dealkylation sites (tertiary alicyclic amines) is 1. The Labute approximate surface area is 131 Å². The van der Waals surface area contributed by atoms with Gasteiger partial charge in [-0.15, -0.1) is 0 Å². The van der Waals surface area contributed by atoms with Gasteiger partial charge in [-0.25, -0.2) is 9.97 Å². The van der Waals surface area contributed by atoms with Gasteiger partial charge in [0.05, 0.1) is 6.04 Å². The summed E-state index contributed by atoms with van der Waals surface area (Å²) in [6, 6.07) is 4.46. The Morgan fingerprint density at radius 1 is 1.14 bits per heavy atom. The molecule has 2 saturated heterocycles. The van der Waals surface area contributed by atoms with Crippen molar-refractivity contribution in [3.8, 4) is 0 Å². The van der Waals surface area contributed by atoms with Crippen molar-refractivity contribution in [3.05, 3.63) is 24.2 Å². The monoisotopic (exact) mass is 299 g/mol. The van der Waals surface area contributed by atoms with Gasteiger partial charge in [-0.05, 0) is 57.5 Å². The molecule has 0 aliphatic carbocycles. The quantitative estimate of drug-likeness (QED) is 0.941. The van der Waals surface area contributed by atoms with Crippen molar-refractivity contribution in [2.45, 2.75) is 44.7 Å². The summed E-state index contributed by atoms with van der Waals surface area (Å²) in [6.45, 7) is 5.71. The molecule has 1 atom stereocenters. The Hall–Kier alpha value is -1.46. The molecule has 0 spiro atoms. The number of piperidine rings is 1. The molecule has 4 rings (SSSR count). The first-order chi connectivity index (χ1) is 10.9. The average Bonchev–Trinajstić information content (AvgIpc) is 3.21. The highest BCUT2D eigenvalue weighted by Gasteiger charge is 2.24. The lowest BCUT2D eigenvalue weighted by molar-refractivity contribution is 0.220. The molecule has 0 saturated carbocycles. The van der Waals surface area contributed by atoms with Gasteiger partial charge < -0.3 is 14.8 Å². The summed E-state index contributed by atoms with van der Waals surface area (Å²) in [6.07, 6.45) is 8.40. The van der Waals surface area contributed by atoms with Gasteiger partial charge in [-0.2, -0.15) is 0 Å². The molecule has 118 valence electrons. The molecule has 5 heteroatoms. The fourth-order valence-electron chi connectivity index (χ4n) is 3.79. The zero-order chi connectivity index (χ0) is 14.8. The lowest BCUT2D eigenvalue weighted by Gasteiger charge is -2.27. The number of rotatable bonds is 4. The third kappa shape index (κ3) is 2.75. The highest BCUT2D eigenvalue weighted by Crippen LogP contribution is 2.25. The maximum Gasteiger partial charge on any atom is 0.160 e. The Morgan fingerprint density at radius 2 is 2.05 bits per heavy atom. The van der Waals surface area contributed by atoms with E-state index in [0.717, 1.165) is 30.8 Å². The van der Waals surface area contributed by atoms with Gasteiger partial charge >= 0.3 is 0 Å². The smallest absolute Gasteiger partial charge is 0.160 e. The van der Waals surface area contributed by atoms with Crippen LogP contribution in [-0.4, -0.2) is 45.6 Å². The van der Waals surface area contributed by atoms with Crippen LogP contribution in [-0.2, 0) is 6.54 Å². The van der Waals surface area contributed by atoms with E-state index in [4.69, 9.17) is 4.98 Å². The number of imidazole rings is 1. The van der Waals surface area contributed by atoms with Crippen LogP contribution in [0.4, 0.5) is 0 Å². The standard InChI is InChI=1S/C17H25N5/c1-2-10-21(11-3-1)12-13-22-16-15(7-5-9-19-16)20-17(22)14-6-4-8-18-14/h5,7,9,14,18H,1-4,6,8,10-13H2. The van der Waals surface area contributed by atoms with E-state index < -0.39 is 0 Å². The molecule has 1 unspecified atom stereocenters. The minimum absolute atomic E-state index is 0.399. The second-order valence-corrected chi connectivity index (χ2v) is 6.52. The zero-order valence-electron chi connectivity index (χ0n) is 13.2. The summed E-state index contributed by atoms with van der Waals surface area (Å²) in [7, 11) is 0. The molecule has 0 bridgehead atoms. The molecule has 2 aliphatic rings. The van der Waals surface area contributed by atoms with Gasteiger partial charge in [-0.3, -0.25) is 0 Å². The van der Waals surface area contributed by atoms with Gasteiger partial charge in [0.15, 0.2) is 5.65 Å². The summed E-state index contributed by atoms with van der Waals surface area (Å²) >= 11 is 0. The average molecular weight is 299 g/mol. The summed E-state index contributed by atoms with van der Waals surface area (Å²) in [5.74, 6) is 1.18. The highest BCUT2D eigenvalue weighted by atomic mass is 15.2. The minimum atomic E-state index is 0.399. The van der Waals surface area contributed by atoms with E-state index in [1.54, 1.807) is 0 Å². The zero-order valence-corrected chi connectivity index (χ0v) is 13.2. The van der Waals surface area contributed by atoms with Crippen LogP contribution in [0.3, 0.4) is 0 Å². The Balaban J connectivity index is 1.60. The number of nitrogens with one attached hydrogen (secondary N) is 1. The molecule has 0 radical (unpaired) electrons. The maximum atomic E-state index is 4.88. The first-order valence-electron chi connectivity index (χ1n) is 8.69. The summed E-state index contributed by atoms with van der Waals surface area (Å²) < 4.78 is 2.35. The summed E-state index contributed by atoms with van der Waals surface area (Å²) in [4.78, 5) is 12.1. The number of hydrogen-bond donors (Lipinski definition) is 1. The van der Waals surface area contributed by atoms with Crippen molar-refractivity contribution in [2.75, 3.05) is 26.2 Å². The number of nitrogens with zero attached hydrogens (tertiary/aromatic N) is 4. The van der Waals surface area contributed by atoms with Crippen molar-refractivity contribution < 1.29 is 0 Å². The molecule has 2 fully saturated rings. The van der Waals surface area contributed by atoms with Crippen molar-refractivity contribution in [3.63, 3.8) is 0 Å². The van der Waals surface area contributed by atoms with E-state index in [1.807, 2.05) is 12.3 Å². The van der Waals surface area contributed by atoms with Crippen LogP contribution in [0, 0.1) is 0 Å². The Morgan fingerprint density at radius 3 is 2.86 bits per heavy atom. The van der Waals surface area contributed by atoms with Gasteiger partial charge in [0.25, 0.3) is 0 Å². The Kier molecular flexibility index (Phi) is 4.08. The molecule has 22 heavy (non-hydrogen) atoms. The van der Waals surface area contributed by atoms with E-state index in [0.29, 0.717) is 6.04 Å². The SMILES string of the molecule is c1cnc2c(c1)nc(C1CCCN1)n2CCN1CCCCC1. The first kappa shape index (κ1) is 14.2. The number of aromatic nitrogens is 3. The number of hydrogen-bond acceptors (Lipinski definition) is 4. The lowest BCUT2D eigenvalue weighted by Crippen LogP contribution is -2.33. The molecule has 4 heterocycles. The maximum absolute atomic E-state index is 4.88. The minimum Gasteiger partial charge on any atom is -0.310 e. The van der Waals surface area contributed by atoms with Crippen LogP contribution in [0.1, 0.15) is 44.0 Å². The topological polar surface area (TPSA) is 46.0 Å². The lowest BCUT2D eigenvalue weighted by atomic mass is 10.1. The second-order valence-electron chi connectivity index (χ2n) is 6.52. The molecule has 2 aromatic heterocycles. The molecular formula is C17H25N5. The summed E-state index contributed by atoms with van der Waals surface area (Å²) in [5.41, 5.74) is 2.08. The van der Waals surface area contributed by atoms with E-state index in [-0.39, 0.29) is 0 Å². The fraction of sp³-hybridized carbons (Fsp3) is 0.647. The summed E-state index contributed by atoms with van der Waals surface area (Å²) in [5, 5.41) is 3.59. The molecular weight excluding hydrogens is 274 g/mol. The van der Waals surface area contributed by atoms with Crippen molar-refractivity contribution in [2.24, 2.45) is 0 Å². The van der Waals surface area contributed by atoms with E-state index >= 15 is 0 Å². The Bertz CT molecular complexity index is 623. The molecule has 2 aromatic rings. The first-order valence-corrected chi connectivity index (χ1v) is 8.69. The molecule has 0 aromatic carbocycles. The molecule has 0 amide bonds. The third-order valence-corrected chi connectivity index (χ3v) is 4.99. The normalized spacial score (nSPS) is 23.4. The predicted octanol–water partition coefficient (Wildman–Crippen LogP) is 2.34. The van der Waals surface area contributed by atoms with E-state index in [2.05, 4.69) is 25.8 Å². The van der Waals surface area contributed by atoms with Gasteiger partial charge in [0, 0.05) is 19.3 Å². The fourth-order valence-corrected chi connectivity index (χ4v) is 3.79. The van der Waals surface area contributed by atoms with Crippen LogP contribution in [0.25, 0.3) is 11.2 Å². The largest absolute Gasteiger partial charge is 0.310 e. The van der Waals surface area contributed by atoms with Crippen LogP contribution in [0.15, 0.2) is 18.3 Å². The van der Waals surface area contributed by atoms with Crippen LogP contribution >= 0.6 is 0 Å². The highest BCUT2D eigenvalue weighted by molar-refractivity contribution is 5.71. The van der Waals surface area contributed by atoms with Crippen LogP contribution in [0.5, 0.6) is 0 Å². The van der Waals surface area contributed by atoms with Gasteiger partial charge in [-0.1, -0.05) is 6.42 Å². The van der Waals surface area contributed by atoms with Crippen LogP contribution in [0.2, 0.25) is 0 Å². The van der Waals surface area contributed by atoms with E-state index in [1.165, 1.54) is 51.0 Å². The second kappa shape index (κ2) is 6.34.